The molecule has 1 atom stereocenters. The lowest BCUT2D eigenvalue weighted by Gasteiger charge is -2.23. The number of pyridine rings is 2. The van der Waals surface area contributed by atoms with Gasteiger partial charge in [-0.2, -0.15) is 0 Å². The van der Waals surface area contributed by atoms with Crippen LogP contribution in [0.25, 0.3) is 16.4 Å². The van der Waals surface area contributed by atoms with Gasteiger partial charge < -0.3 is 0 Å². The van der Waals surface area contributed by atoms with Crippen molar-refractivity contribution in [2.24, 2.45) is 0 Å². The predicted octanol–water partition coefficient (Wildman–Crippen LogP) is 3.85. The zero-order valence-electron chi connectivity index (χ0n) is 16.2. The summed E-state index contributed by atoms with van der Waals surface area (Å²) >= 11 is 0. The first-order chi connectivity index (χ1) is 13.6. The molecule has 1 amide bonds. The van der Waals surface area contributed by atoms with E-state index >= 15 is 0 Å². The van der Waals surface area contributed by atoms with Gasteiger partial charge in [0.25, 0.3) is 5.91 Å². The van der Waals surface area contributed by atoms with E-state index in [9.17, 15) is 4.79 Å². The fraction of sp³-hybridized carbons (Fsp3) is 0.238. The first kappa shape index (κ1) is 18.5. The van der Waals surface area contributed by atoms with Crippen molar-refractivity contribution in [1.82, 2.24) is 19.6 Å². The molecular weight excluding hydrogens is 369 g/mol. The lowest BCUT2D eigenvalue weighted by atomic mass is 10.1. The van der Waals surface area contributed by atoms with Crippen LogP contribution in [0.1, 0.15) is 21.7 Å². The highest BCUT2D eigenvalue weighted by atomic mass is 31.1. The number of rotatable bonds is 5. The van der Waals surface area contributed by atoms with Crippen LogP contribution in [-0.2, 0) is 0 Å². The molecule has 0 aliphatic heterocycles. The zero-order chi connectivity index (χ0) is 19.7. The zero-order valence-corrected chi connectivity index (χ0v) is 17.2. The number of anilines is 1. The third kappa shape index (κ3) is 3.25. The topological polar surface area (TPSA) is 63.4 Å². The molecule has 0 radical (unpaired) electrons. The fourth-order valence-corrected chi connectivity index (χ4v) is 3.80. The summed E-state index contributed by atoms with van der Waals surface area (Å²) in [7, 11) is 0.761. The molecular formula is C21H22N5OP. The quantitative estimate of drug-likeness (QED) is 0.485. The van der Waals surface area contributed by atoms with Gasteiger partial charge in [-0.3, -0.25) is 14.1 Å². The van der Waals surface area contributed by atoms with Crippen molar-refractivity contribution in [2.75, 3.05) is 24.3 Å². The lowest BCUT2D eigenvalue weighted by Crippen LogP contribution is -2.34. The predicted molar refractivity (Wildman–Crippen MR) is 115 cm³/mol. The number of aromatic nitrogens is 4. The summed E-state index contributed by atoms with van der Waals surface area (Å²) in [6.07, 6.45) is 4.59. The maximum absolute atomic E-state index is 13.5. The van der Waals surface area contributed by atoms with E-state index in [1.54, 1.807) is 4.90 Å². The average molecular weight is 391 g/mol. The maximum atomic E-state index is 13.5. The molecule has 4 aromatic rings. The van der Waals surface area contributed by atoms with Gasteiger partial charge >= 0.3 is 0 Å². The molecule has 1 unspecified atom stereocenters. The highest BCUT2D eigenvalue weighted by molar-refractivity contribution is 7.37. The van der Waals surface area contributed by atoms with Crippen LogP contribution in [0.2, 0.25) is 0 Å². The van der Waals surface area contributed by atoms with Gasteiger partial charge in [0.1, 0.15) is 11.6 Å². The summed E-state index contributed by atoms with van der Waals surface area (Å²) < 4.78 is 1.84. The van der Waals surface area contributed by atoms with Crippen LogP contribution < -0.4 is 4.90 Å². The third-order valence-electron chi connectivity index (χ3n) is 4.88. The van der Waals surface area contributed by atoms with Crippen LogP contribution in [-0.4, -0.2) is 44.9 Å². The molecule has 0 fully saturated rings. The molecule has 142 valence electrons. The standard InChI is InChI=1S/C21H22N5OP/c1-14-12-22-20(18-7-5-4-6-17(14)18)25(10-11-28-3)21(27)16-8-9-19-24-23-15(2)26(19)13-16/h4-9,12-13,28H,10-11H2,1-3H3. The minimum Gasteiger partial charge on any atom is -0.292 e. The van der Waals surface area contributed by atoms with Crippen molar-refractivity contribution in [1.29, 1.82) is 0 Å². The largest absolute Gasteiger partial charge is 0.292 e. The molecule has 6 nitrogen and oxygen atoms in total. The number of fused-ring (bicyclic) bond motifs is 2. The molecule has 0 saturated carbocycles. The molecule has 28 heavy (non-hydrogen) atoms. The van der Waals surface area contributed by atoms with Crippen LogP contribution >= 0.6 is 8.58 Å². The second-order valence-electron chi connectivity index (χ2n) is 6.76. The van der Waals surface area contributed by atoms with E-state index in [-0.39, 0.29) is 5.91 Å². The van der Waals surface area contributed by atoms with Crippen molar-refractivity contribution < 1.29 is 4.79 Å². The Balaban J connectivity index is 1.82. The Morgan fingerprint density at radius 2 is 1.89 bits per heavy atom. The summed E-state index contributed by atoms with van der Waals surface area (Å²) in [4.78, 5) is 19.9. The number of nitrogens with zero attached hydrogens (tertiary/aromatic N) is 5. The second kappa shape index (κ2) is 7.64. The van der Waals surface area contributed by atoms with Gasteiger partial charge in [-0.1, -0.05) is 24.3 Å². The second-order valence-corrected chi connectivity index (χ2v) is 7.97. The van der Waals surface area contributed by atoms with Gasteiger partial charge in [-0.15, -0.1) is 18.8 Å². The van der Waals surface area contributed by atoms with Crippen molar-refractivity contribution in [3.63, 3.8) is 0 Å². The summed E-state index contributed by atoms with van der Waals surface area (Å²) in [6.45, 7) is 6.70. The number of hydrogen-bond donors (Lipinski definition) is 0. The Hall–Kier alpha value is -2.85. The number of amides is 1. The summed E-state index contributed by atoms with van der Waals surface area (Å²) in [5, 5.41) is 10.3. The Labute approximate surface area is 165 Å². The van der Waals surface area contributed by atoms with Crippen LogP contribution in [0.5, 0.6) is 0 Å². The average Bonchev–Trinajstić information content (AvgIpc) is 3.10. The smallest absolute Gasteiger partial charge is 0.260 e. The van der Waals surface area contributed by atoms with Crippen molar-refractivity contribution in [2.45, 2.75) is 13.8 Å². The highest BCUT2D eigenvalue weighted by Crippen LogP contribution is 2.28. The Morgan fingerprint density at radius 1 is 1.11 bits per heavy atom. The third-order valence-corrected chi connectivity index (χ3v) is 5.60. The highest BCUT2D eigenvalue weighted by Gasteiger charge is 2.22. The van der Waals surface area contributed by atoms with Crippen LogP contribution in [0.4, 0.5) is 5.82 Å². The van der Waals surface area contributed by atoms with Gasteiger partial charge in [0.15, 0.2) is 5.65 Å². The van der Waals surface area contributed by atoms with E-state index in [0.29, 0.717) is 17.9 Å². The molecule has 0 aliphatic rings. The molecule has 1 aromatic carbocycles. The molecule has 7 heteroatoms. The van der Waals surface area contributed by atoms with Gasteiger partial charge in [0.2, 0.25) is 0 Å². The normalized spacial score (nSPS) is 11.7. The fourth-order valence-electron chi connectivity index (χ4n) is 3.35. The summed E-state index contributed by atoms with van der Waals surface area (Å²) in [6, 6.07) is 11.8. The molecule has 0 N–H and O–H groups in total. The van der Waals surface area contributed by atoms with E-state index < -0.39 is 0 Å². The van der Waals surface area contributed by atoms with Crippen LogP contribution in [0.3, 0.4) is 0 Å². The molecule has 0 saturated heterocycles. The minimum atomic E-state index is -0.0604. The summed E-state index contributed by atoms with van der Waals surface area (Å²) in [5.41, 5.74) is 2.43. The van der Waals surface area contributed by atoms with Crippen LogP contribution in [0.15, 0.2) is 48.8 Å². The molecule has 3 heterocycles. The molecule has 0 spiro atoms. The minimum absolute atomic E-state index is 0.0604. The van der Waals surface area contributed by atoms with E-state index in [1.165, 1.54) is 0 Å². The Bertz CT molecular complexity index is 1170. The van der Waals surface area contributed by atoms with E-state index in [0.717, 1.165) is 42.6 Å². The number of carbonyl (C=O) groups excluding carboxylic acids is 1. The number of hydrogen-bond acceptors (Lipinski definition) is 4. The molecule has 3 aromatic heterocycles. The monoisotopic (exact) mass is 391 g/mol. The van der Waals surface area contributed by atoms with Crippen molar-refractivity contribution >= 4 is 36.7 Å². The van der Waals surface area contributed by atoms with Gasteiger partial charge in [0.05, 0.1) is 5.56 Å². The van der Waals surface area contributed by atoms with Gasteiger partial charge in [-0.25, -0.2) is 4.98 Å². The van der Waals surface area contributed by atoms with Crippen molar-refractivity contribution in [3.8, 4) is 0 Å². The van der Waals surface area contributed by atoms with Gasteiger partial charge in [-0.05, 0) is 49.8 Å². The number of aryl methyl sites for hydroxylation is 2. The van der Waals surface area contributed by atoms with E-state index in [1.807, 2.05) is 61.0 Å². The van der Waals surface area contributed by atoms with Crippen LogP contribution in [0, 0.1) is 13.8 Å². The number of benzene rings is 1. The Kier molecular flexibility index (Phi) is 5.05. The Morgan fingerprint density at radius 3 is 2.68 bits per heavy atom. The first-order valence-corrected chi connectivity index (χ1v) is 10.9. The van der Waals surface area contributed by atoms with E-state index in [4.69, 9.17) is 0 Å². The summed E-state index contributed by atoms with van der Waals surface area (Å²) in [5.74, 6) is 1.41. The number of carbonyl (C=O) groups is 1. The van der Waals surface area contributed by atoms with E-state index in [2.05, 4.69) is 27.9 Å². The first-order valence-electron chi connectivity index (χ1n) is 9.22. The molecule has 4 rings (SSSR count). The maximum Gasteiger partial charge on any atom is 0.260 e. The SMILES string of the molecule is CPCCN(C(=O)c1ccc2nnc(C)n2c1)c1ncc(C)c2ccccc12. The van der Waals surface area contributed by atoms with Gasteiger partial charge in [0, 0.05) is 24.3 Å². The molecule has 0 bridgehead atoms. The van der Waals surface area contributed by atoms with Crippen molar-refractivity contribution in [3.05, 3.63) is 65.7 Å². The molecule has 0 aliphatic carbocycles. The lowest BCUT2D eigenvalue weighted by molar-refractivity contribution is 0.0987.